The Balaban J connectivity index is 2.19. The maximum Gasteiger partial charge on any atom is 0.280 e. The number of ether oxygens (including phenoxy) is 1. The topological polar surface area (TPSA) is 84.4 Å². The zero-order valence-electron chi connectivity index (χ0n) is 17.6. The molecule has 3 rings (SSSR count). The molecule has 0 aliphatic heterocycles. The molecule has 7 nitrogen and oxygen atoms in total. The van der Waals surface area contributed by atoms with Crippen LogP contribution in [0.4, 0.5) is 10.1 Å². The molecule has 0 unspecified atom stereocenters. The standard InChI is InChI=1S/C22H23FN4O3S/c1-22(2,3)24-20(28)19(14-8-10-15(23)11-9-14)27(21(29)18-13-31-26-25-18)16-6-5-7-17(12-16)30-4/h5-13,19H,1-4H3,(H,24,28)/t19-/m0/s1. The summed E-state index contributed by atoms with van der Waals surface area (Å²) in [5, 5.41) is 8.32. The fraction of sp³-hybridized carbons (Fsp3) is 0.273. The molecule has 0 aliphatic rings. The Bertz CT molecular complexity index is 1050. The SMILES string of the molecule is COc1cccc(N(C(=O)c2csnn2)[C@H](C(=O)NC(C)(C)C)c2ccc(F)cc2)c1. The Labute approximate surface area is 184 Å². The van der Waals surface area contributed by atoms with Gasteiger partial charge in [-0.2, -0.15) is 0 Å². The second-order valence-corrected chi connectivity index (χ2v) is 8.47. The van der Waals surface area contributed by atoms with Crippen molar-refractivity contribution >= 4 is 29.0 Å². The van der Waals surface area contributed by atoms with E-state index < -0.39 is 29.2 Å². The third-order valence-corrected chi connectivity index (χ3v) is 4.82. The quantitative estimate of drug-likeness (QED) is 0.624. The Morgan fingerprint density at radius 2 is 1.87 bits per heavy atom. The third-order valence-electron chi connectivity index (χ3n) is 4.32. The summed E-state index contributed by atoms with van der Waals surface area (Å²) in [7, 11) is 1.51. The summed E-state index contributed by atoms with van der Waals surface area (Å²) < 4.78 is 22.7. The van der Waals surface area contributed by atoms with Crippen molar-refractivity contribution in [1.29, 1.82) is 0 Å². The maximum atomic E-state index is 13.6. The van der Waals surface area contributed by atoms with Gasteiger partial charge in [-0.25, -0.2) is 4.39 Å². The summed E-state index contributed by atoms with van der Waals surface area (Å²) in [4.78, 5) is 28.2. The molecule has 3 aromatic rings. The van der Waals surface area contributed by atoms with Crippen LogP contribution in [0.25, 0.3) is 0 Å². The molecule has 2 aromatic carbocycles. The van der Waals surface area contributed by atoms with Crippen molar-refractivity contribution in [2.45, 2.75) is 32.4 Å². The van der Waals surface area contributed by atoms with E-state index in [2.05, 4.69) is 14.9 Å². The molecule has 0 radical (unpaired) electrons. The number of rotatable bonds is 6. The molecule has 0 aliphatic carbocycles. The number of hydrogen-bond donors (Lipinski definition) is 1. The lowest BCUT2D eigenvalue weighted by Gasteiger charge is -2.33. The largest absolute Gasteiger partial charge is 0.497 e. The number of nitrogens with zero attached hydrogens (tertiary/aromatic N) is 3. The number of anilines is 1. The highest BCUT2D eigenvalue weighted by atomic mass is 32.1. The first kappa shape index (κ1) is 22.4. The van der Waals surface area contributed by atoms with E-state index in [1.807, 2.05) is 20.8 Å². The van der Waals surface area contributed by atoms with Crippen molar-refractivity contribution in [2.75, 3.05) is 12.0 Å². The number of methoxy groups -OCH3 is 1. The number of carbonyl (C=O) groups is 2. The van der Waals surface area contributed by atoms with E-state index in [1.165, 1.54) is 41.7 Å². The molecular formula is C22H23FN4O3S. The van der Waals surface area contributed by atoms with Crippen molar-refractivity contribution in [3.05, 3.63) is 71.0 Å². The molecule has 0 spiro atoms. The average Bonchev–Trinajstić information content (AvgIpc) is 3.26. The Kier molecular flexibility index (Phi) is 6.65. The second kappa shape index (κ2) is 9.22. The summed E-state index contributed by atoms with van der Waals surface area (Å²) in [5.41, 5.74) is 0.419. The minimum Gasteiger partial charge on any atom is -0.497 e. The molecular weight excluding hydrogens is 419 g/mol. The van der Waals surface area contributed by atoms with Crippen molar-refractivity contribution in [2.24, 2.45) is 0 Å². The van der Waals surface area contributed by atoms with Gasteiger partial charge in [0.15, 0.2) is 5.69 Å². The van der Waals surface area contributed by atoms with Gasteiger partial charge in [0, 0.05) is 22.7 Å². The van der Waals surface area contributed by atoms with Crippen LogP contribution in [0.15, 0.2) is 53.9 Å². The van der Waals surface area contributed by atoms with Gasteiger partial charge in [0.05, 0.1) is 7.11 Å². The van der Waals surface area contributed by atoms with Gasteiger partial charge < -0.3 is 10.1 Å². The molecule has 1 aromatic heterocycles. The zero-order valence-corrected chi connectivity index (χ0v) is 18.4. The van der Waals surface area contributed by atoms with Gasteiger partial charge in [0.2, 0.25) is 5.91 Å². The predicted octanol–water partition coefficient (Wildman–Crippen LogP) is 3.99. The van der Waals surface area contributed by atoms with Crippen molar-refractivity contribution in [3.8, 4) is 5.75 Å². The minimum atomic E-state index is -1.08. The van der Waals surface area contributed by atoms with Gasteiger partial charge in [-0.3, -0.25) is 14.5 Å². The first-order valence-electron chi connectivity index (χ1n) is 9.52. The highest BCUT2D eigenvalue weighted by Crippen LogP contribution is 2.32. The van der Waals surface area contributed by atoms with Crippen LogP contribution in [-0.4, -0.2) is 34.1 Å². The lowest BCUT2D eigenvalue weighted by atomic mass is 10.0. The second-order valence-electron chi connectivity index (χ2n) is 7.86. The van der Waals surface area contributed by atoms with E-state index >= 15 is 0 Å². The van der Waals surface area contributed by atoms with Crippen LogP contribution in [0.3, 0.4) is 0 Å². The monoisotopic (exact) mass is 442 g/mol. The Morgan fingerprint density at radius 3 is 2.45 bits per heavy atom. The molecule has 0 saturated heterocycles. The smallest absolute Gasteiger partial charge is 0.280 e. The molecule has 1 atom stereocenters. The van der Waals surface area contributed by atoms with E-state index in [0.29, 0.717) is 17.0 Å². The van der Waals surface area contributed by atoms with Crippen LogP contribution >= 0.6 is 11.5 Å². The van der Waals surface area contributed by atoms with Crippen LogP contribution in [0.1, 0.15) is 42.9 Å². The molecule has 2 amide bonds. The Hall–Kier alpha value is -3.33. The molecule has 31 heavy (non-hydrogen) atoms. The van der Waals surface area contributed by atoms with Crippen LogP contribution in [0.2, 0.25) is 0 Å². The van der Waals surface area contributed by atoms with Crippen molar-refractivity contribution < 1.29 is 18.7 Å². The molecule has 162 valence electrons. The fourth-order valence-electron chi connectivity index (χ4n) is 3.03. The lowest BCUT2D eigenvalue weighted by Crippen LogP contribution is -2.49. The van der Waals surface area contributed by atoms with Gasteiger partial charge in [-0.05, 0) is 62.1 Å². The summed E-state index contributed by atoms with van der Waals surface area (Å²) in [5.74, 6) is -0.860. The summed E-state index contributed by atoms with van der Waals surface area (Å²) in [6.45, 7) is 5.53. The fourth-order valence-corrected chi connectivity index (χ4v) is 3.46. The van der Waals surface area contributed by atoms with E-state index in [0.717, 1.165) is 11.5 Å². The number of nitrogens with one attached hydrogen (secondary N) is 1. The first-order chi connectivity index (χ1) is 14.7. The highest BCUT2D eigenvalue weighted by molar-refractivity contribution is 7.03. The first-order valence-corrected chi connectivity index (χ1v) is 10.4. The Morgan fingerprint density at radius 1 is 1.16 bits per heavy atom. The van der Waals surface area contributed by atoms with Gasteiger partial charge in [-0.15, -0.1) is 5.10 Å². The summed E-state index contributed by atoms with van der Waals surface area (Å²) >= 11 is 1.03. The van der Waals surface area contributed by atoms with Crippen molar-refractivity contribution in [3.63, 3.8) is 0 Å². The van der Waals surface area contributed by atoms with E-state index in [4.69, 9.17) is 4.74 Å². The number of amides is 2. The molecule has 1 heterocycles. The van der Waals surface area contributed by atoms with Crippen LogP contribution in [0.5, 0.6) is 5.75 Å². The zero-order chi connectivity index (χ0) is 22.6. The van der Waals surface area contributed by atoms with E-state index in [-0.39, 0.29) is 5.69 Å². The number of aromatic nitrogens is 2. The summed E-state index contributed by atoms with van der Waals surface area (Å²) in [6, 6.07) is 11.2. The van der Waals surface area contributed by atoms with Gasteiger partial charge in [-0.1, -0.05) is 22.7 Å². The minimum absolute atomic E-state index is 0.100. The van der Waals surface area contributed by atoms with Gasteiger partial charge in [0.1, 0.15) is 17.6 Å². The molecule has 0 fully saturated rings. The molecule has 9 heteroatoms. The van der Waals surface area contributed by atoms with Gasteiger partial charge in [0.25, 0.3) is 5.91 Å². The van der Waals surface area contributed by atoms with E-state index in [9.17, 15) is 14.0 Å². The van der Waals surface area contributed by atoms with Crippen LogP contribution in [0, 0.1) is 5.82 Å². The predicted molar refractivity (Wildman–Crippen MR) is 117 cm³/mol. The molecule has 0 bridgehead atoms. The lowest BCUT2D eigenvalue weighted by molar-refractivity contribution is -0.123. The number of benzene rings is 2. The molecule has 1 N–H and O–H groups in total. The summed E-state index contributed by atoms with van der Waals surface area (Å²) in [6.07, 6.45) is 0. The number of hydrogen-bond acceptors (Lipinski definition) is 6. The van der Waals surface area contributed by atoms with Crippen LogP contribution in [-0.2, 0) is 4.79 Å². The highest BCUT2D eigenvalue weighted by Gasteiger charge is 2.36. The van der Waals surface area contributed by atoms with Gasteiger partial charge >= 0.3 is 0 Å². The molecule has 0 saturated carbocycles. The van der Waals surface area contributed by atoms with Crippen molar-refractivity contribution in [1.82, 2.24) is 14.9 Å². The van der Waals surface area contributed by atoms with E-state index in [1.54, 1.807) is 24.3 Å². The third kappa shape index (κ3) is 5.43. The number of carbonyl (C=O) groups excluding carboxylic acids is 2. The van der Waals surface area contributed by atoms with Crippen LogP contribution < -0.4 is 15.0 Å². The maximum absolute atomic E-state index is 13.6. The average molecular weight is 443 g/mol. The number of halogens is 1. The normalized spacial score (nSPS) is 12.2.